The summed E-state index contributed by atoms with van der Waals surface area (Å²) in [5.74, 6) is 0.178. The number of thiophene rings is 2. The molecular weight excluding hydrogens is 236 g/mol. The highest BCUT2D eigenvalue weighted by atomic mass is 32.1. The molecule has 0 saturated carbocycles. The van der Waals surface area contributed by atoms with Crippen molar-refractivity contribution in [3.05, 3.63) is 42.8 Å². The van der Waals surface area contributed by atoms with Gasteiger partial charge in [-0.25, -0.2) is 0 Å². The van der Waals surface area contributed by atoms with Gasteiger partial charge in [0, 0.05) is 9.75 Å². The van der Waals surface area contributed by atoms with Crippen LogP contribution in [0, 0.1) is 27.7 Å². The van der Waals surface area contributed by atoms with Crippen LogP contribution in [0.5, 0.6) is 0 Å². The summed E-state index contributed by atoms with van der Waals surface area (Å²) in [5.41, 5.74) is 2.30. The van der Waals surface area contributed by atoms with Gasteiger partial charge in [0.15, 0.2) is 0 Å². The Morgan fingerprint density at radius 2 is 1.69 bits per heavy atom. The smallest absolute Gasteiger partial charge is 0.213 e. The van der Waals surface area contributed by atoms with Gasteiger partial charge in [0.05, 0.1) is 9.75 Å². The van der Waals surface area contributed by atoms with Crippen LogP contribution in [0.3, 0.4) is 0 Å². The Bertz CT molecular complexity index is 527. The van der Waals surface area contributed by atoms with Crippen LogP contribution in [0.4, 0.5) is 0 Å². The van der Waals surface area contributed by atoms with Gasteiger partial charge in [-0.3, -0.25) is 4.79 Å². The monoisotopic (exact) mass is 250 g/mol. The molecule has 0 spiro atoms. The zero-order valence-electron chi connectivity index (χ0n) is 9.88. The molecule has 2 heterocycles. The van der Waals surface area contributed by atoms with Gasteiger partial charge in [-0.1, -0.05) is 0 Å². The van der Waals surface area contributed by atoms with Crippen LogP contribution >= 0.6 is 22.7 Å². The van der Waals surface area contributed by atoms with E-state index in [9.17, 15) is 4.79 Å². The lowest BCUT2D eigenvalue weighted by molar-refractivity contribution is 0.104. The maximum atomic E-state index is 12.3. The quantitative estimate of drug-likeness (QED) is 0.727. The molecule has 0 aliphatic rings. The lowest BCUT2D eigenvalue weighted by Gasteiger charge is -1.94. The summed E-state index contributed by atoms with van der Waals surface area (Å²) in [4.78, 5) is 16.4. The van der Waals surface area contributed by atoms with Crippen molar-refractivity contribution in [2.24, 2.45) is 0 Å². The molecule has 0 bridgehead atoms. The van der Waals surface area contributed by atoms with E-state index in [-0.39, 0.29) is 5.78 Å². The van der Waals surface area contributed by atoms with E-state index in [1.165, 1.54) is 15.3 Å². The third-order valence-electron chi connectivity index (χ3n) is 2.64. The van der Waals surface area contributed by atoms with Crippen molar-refractivity contribution in [2.45, 2.75) is 27.7 Å². The van der Waals surface area contributed by atoms with Crippen molar-refractivity contribution >= 4 is 28.5 Å². The lowest BCUT2D eigenvalue weighted by Crippen LogP contribution is -1.96. The molecule has 2 aromatic heterocycles. The molecule has 0 atom stereocenters. The standard InChI is InChI=1S/C13H14OS2/c1-7-6-11(16-10(7)4)12(14)13-8(2)5-9(3)15-13/h5-6H,1-4H3. The summed E-state index contributed by atoms with van der Waals surface area (Å²) in [6.07, 6.45) is 0. The molecule has 84 valence electrons. The topological polar surface area (TPSA) is 17.1 Å². The SMILES string of the molecule is Cc1cc(C)c(C(=O)c2cc(C)c(C)s2)s1. The van der Waals surface area contributed by atoms with Crippen molar-refractivity contribution < 1.29 is 4.79 Å². The van der Waals surface area contributed by atoms with Crippen LogP contribution in [0.1, 0.15) is 35.4 Å². The molecule has 0 aliphatic carbocycles. The molecular formula is C13H14OS2. The zero-order valence-corrected chi connectivity index (χ0v) is 11.5. The molecule has 0 amide bonds. The predicted octanol–water partition coefficient (Wildman–Crippen LogP) is 4.27. The van der Waals surface area contributed by atoms with Crippen molar-refractivity contribution in [3.63, 3.8) is 0 Å². The van der Waals surface area contributed by atoms with Crippen LogP contribution in [0.25, 0.3) is 0 Å². The minimum Gasteiger partial charge on any atom is -0.287 e. The van der Waals surface area contributed by atoms with Crippen molar-refractivity contribution in [1.29, 1.82) is 0 Å². The highest BCUT2D eigenvalue weighted by Gasteiger charge is 2.17. The van der Waals surface area contributed by atoms with Crippen LogP contribution < -0.4 is 0 Å². The minimum atomic E-state index is 0.178. The van der Waals surface area contributed by atoms with E-state index in [0.29, 0.717) is 0 Å². The molecule has 2 rings (SSSR count). The first-order valence-electron chi connectivity index (χ1n) is 5.18. The average Bonchev–Trinajstić information content (AvgIpc) is 2.70. The number of hydrogen-bond donors (Lipinski definition) is 0. The third kappa shape index (κ3) is 1.97. The summed E-state index contributed by atoms with van der Waals surface area (Å²) in [6, 6.07) is 4.07. The second kappa shape index (κ2) is 4.15. The molecule has 0 unspecified atom stereocenters. The number of hydrogen-bond acceptors (Lipinski definition) is 3. The first kappa shape index (κ1) is 11.6. The van der Waals surface area contributed by atoms with E-state index in [1.807, 2.05) is 19.9 Å². The van der Waals surface area contributed by atoms with Gasteiger partial charge in [-0.2, -0.15) is 0 Å². The highest BCUT2D eigenvalue weighted by Crippen LogP contribution is 2.28. The number of rotatable bonds is 2. The fourth-order valence-corrected chi connectivity index (χ4v) is 3.69. The molecule has 0 aliphatic heterocycles. The summed E-state index contributed by atoms with van der Waals surface area (Å²) in [7, 11) is 0. The molecule has 1 nitrogen and oxygen atoms in total. The van der Waals surface area contributed by atoms with Crippen molar-refractivity contribution in [3.8, 4) is 0 Å². The van der Waals surface area contributed by atoms with Crippen LogP contribution in [0.2, 0.25) is 0 Å². The highest BCUT2D eigenvalue weighted by molar-refractivity contribution is 7.17. The van der Waals surface area contributed by atoms with Crippen molar-refractivity contribution in [1.82, 2.24) is 0 Å². The van der Waals surface area contributed by atoms with Gasteiger partial charge in [0.25, 0.3) is 0 Å². The Balaban J connectivity index is 2.42. The predicted molar refractivity (Wildman–Crippen MR) is 71.0 cm³/mol. The third-order valence-corrected chi connectivity index (χ3v) is 4.94. The Kier molecular flexibility index (Phi) is 3.00. The Hall–Kier alpha value is -0.930. The van der Waals surface area contributed by atoms with Crippen LogP contribution in [0.15, 0.2) is 12.1 Å². The van der Waals surface area contributed by atoms with E-state index >= 15 is 0 Å². The number of carbonyl (C=O) groups is 1. The molecule has 2 aromatic rings. The summed E-state index contributed by atoms with van der Waals surface area (Å²) >= 11 is 3.18. The maximum absolute atomic E-state index is 12.3. The minimum absolute atomic E-state index is 0.178. The Labute approximate surface area is 104 Å². The Morgan fingerprint density at radius 1 is 1.00 bits per heavy atom. The second-order valence-electron chi connectivity index (χ2n) is 4.05. The van der Waals surface area contributed by atoms with Gasteiger partial charge in [-0.05, 0) is 51.0 Å². The molecule has 16 heavy (non-hydrogen) atoms. The number of ketones is 1. The van der Waals surface area contributed by atoms with E-state index in [4.69, 9.17) is 0 Å². The molecule has 0 saturated heterocycles. The molecule has 0 fully saturated rings. The van der Waals surface area contributed by atoms with E-state index in [2.05, 4.69) is 19.9 Å². The van der Waals surface area contributed by atoms with E-state index < -0.39 is 0 Å². The second-order valence-corrected chi connectivity index (χ2v) is 6.56. The first-order chi connectivity index (χ1) is 7.49. The van der Waals surface area contributed by atoms with Crippen molar-refractivity contribution in [2.75, 3.05) is 0 Å². The van der Waals surface area contributed by atoms with Crippen LogP contribution in [-0.2, 0) is 0 Å². The number of aryl methyl sites for hydroxylation is 4. The molecule has 0 N–H and O–H groups in total. The zero-order chi connectivity index (χ0) is 11.9. The molecule has 3 heteroatoms. The fraction of sp³-hybridized carbons (Fsp3) is 0.308. The summed E-state index contributed by atoms with van der Waals surface area (Å²) in [6.45, 7) is 8.15. The van der Waals surface area contributed by atoms with E-state index in [0.717, 1.165) is 15.3 Å². The number of carbonyl (C=O) groups excluding carboxylic acids is 1. The fourth-order valence-electron chi connectivity index (χ4n) is 1.66. The van der Waals surface area contributed by atoms with Gasteiger partial charge in [0.2, 0.25) is 5.78 Å². The maximum Gasteiger partial charge on any atom is 0.213 e. The van der Waals surface area contributed by atoms with Gasteiger partial charge < -0.3 is 0 Å². The van der Waals surface area contributed by atoms with E-state index in [1.54, 1.807) is 22.7 Å². The summed E-state index contributed by atoms with van der Waals surface area (Å²) in [5, 5.41) is 0. The largest absolute Gasteiger partial charge is 0.287 e. The normalized spacial score (nSPS) is 10.8. The van der Waals surface area contributed by atoms with Gasteiger partial charge >= 0.3 is 0 Å². The Morgan fingerprint density at radius 3 is 2.12 bits per heavy atom. The average molecular weight is 250 g/mol. The van der Waals surface area contributed by atoms with Gasteiger partial charge in [-0.15, -0.1) is 22.7 Å². The summed E-state index contributed by atoms with van der Waals surface area (Å²) < 4.78 is 0. The lowest BCUT2D eigenvalue weighted by atomic mass is 10.2. The van der Waals surface area contributed by atoms with Gasteiger partial charge in [0.1, 0.15) is 0 Å². The molecule has 0 radical (unpaired) electrons. The van der Waals surface area contributed by atoms with Crippen LogP contribution in [-0.4, -0.2) is 5.78 Å². The molecule has 0 aromatic carbocycles. The first-order valence-corrected chi connectivity index (χ1v) is 6.81.